The number of aryl methyl sites for hydroxylation is 1. The van der Waals surface area contributed by atoms with E-state index in [1.165, 1.54) is 19.2 Å². The van der Waals surface area contributed by atoms with E-state index in [4.69, 9.17) is 9.15 Å². The Morgan fingerprint density at radius 1 is 1.09 bits per heavy atom. The van der Waals surface area contributed by atoms with Crippen molar-refractivity contribution in [1.29, 1.82) is 0 Å². The van der Waals surface area contributed by atoms with Gasteiger partial charge in [-0.1, -0.05) is 11.6 Å². The first-order chi connectivity index (χ1) is 10.5. The second kappa shape index (κ2) is 5.11. The van der Waals surface area contributed by atoms with Crippen molar-refractivity contribution >= 4 is 11.0 Å². The number of benzene rings is 2. The zero-order valence-electron chi connectivity index (χ0n) is 12.1. The van der Waals surface area contributed by atoms with Crippen LogP contribution in [0.1, 0.15) is 5.56 Å². The average Bonchev–Trinajstić information content (AvgIpc) is 2.51. The van der Waals surface area contributed by atoms with Crippen LogP contribution in [0.5, 0.6) is 17.2 Å². The van der Waals surface area contributed by atoms with Gasteiger partial charge in [0.2, 0.25) is 11.2 Å². The summed E-state index contributed by atoms with van der Waals surface area (Å²) >= 11 is 0. The summed E-state index contributed by atoms with van der Waals surface area (Å²) in [7, 11) is 1.44. The van der Waals surface area contributed by atoms with E-state index < -0.39 is 11.2 Å². The number of phenols is 1. The highest BCUT2D eigenvalue weighted by Crippen LogP contribution is 2.35. The summed E-state index contributed by atoms with van der Waals surface area (Å²) in [5, 5.41) is 20.3. The maximum atomic E-state index is 12.3. The topological polar surface area (TPSA) is 79.9 Å². The Balaban J connectivity index is 2.27. The molecule has 2 aromatic carbocycles. The summed E-state index contributed by atoms with van der Waals surface area (Å²) in [6.07, 6.45) is 0. The molecular formula is C17H14O5. The molecule has 0 bridgehead atoms. The highest BCUT2D eigenvalue weighted by molar-refractivity contribution is 5.82. The molecule has 1 heterocycles. The van der Waals surface area contributed by atoms with Gasteiger partial charge in [-0.05, 0) is 37.3 Å². The van der Waals surface area contributed by atoms with Gasteiger partial charge in [-0.25, -0.2) is 0 Å². The Bertz CT molecular complexity index is 924. The Morgan fingerprint density at radius 3 is 2.55 bits per heavy atom. The van der Waals surface area contributed by atoms with E-state index >= 15 is 0 Å². The molecule has 2 N–H and O–H groups in total. The SMILES string of the molecule is COc1ccc(-c2oc3ccc(C)cc3c(=O)c2O)cc1O. The summed E-state index contributed by atoms with van der Waals surface area (Å²) in [5.74, 6) is -0.282. The minimum Gasteiger partial charge on any atom is -0.504 e. The van der Waals surface area contributed by atoms with Crippen molar-refractivity contribution in [2.75, 3.05) is 7.11 Å². The molecule has 0 radical (unpaired) electrons. The van der Waals surface area contributed by atoms with Crippen LogP contribution in [0.2, 0.25) is 0 Å². The molecule has 112 valence electrons. The Morgan fingerprint density at radius 2 is 1.86 bits per heavy atom. The maximum absolute atomic E-state index is 12.3. The van der Waals surface area contributed by atoms with Gasteiger partial charge in [-0.15, -0.1) is 0 Å². The monoisotopic (exact) mass is 298 g/mol. The van der Waals surface area contributed by atoms with Crippen LogP contribution < -0.4 is 10.2 Å². The van der Waals surface area contributed by atoms with Crippen LogP contribution >= 0.6 is 0 Å². The van der Waals surface area contributed by atoms with Crippen molar-refractivity contribution in [2.45, 2.75) is 6.92 Å². The molecule has 0 saturated heterocycles. The lowest BCUT2D eigenvalue weighted by Crippen LogP contribution is -2.02. The first-order valence-electron chi connectivity index (χ1n) is 6.65. The van der Waals surface area contributed by atoms with Crippen molar-refractivity contribution < 1.29 is 19.4 Å². The quantitative estimate of drug-likeness (QED) is 0.759. The van der Waals surface area contributed by atoms with E-state index in [1.807, 2.05) is 13.0 Å². The Hall–Kier alpha value is -2.95. The highest BCUT2D eigenvalue weighted by atomic mass is 16.5. The van der Waals surface area contributed by atoms with Crippen LogP contribution in [0.3, 0.4) is 0 Å². The predicted molar refractivity (Wildman–Crippen MR) is 82.5 cm³/mol. The van der Waals surface area contributed by atoms with Crippen molar-refractivity contribution in [3.05, 3.63) is 52.2 Å². The van der Waals surface area contributed by atoms with Crippen LogP contribution in [-0.4, -0.2) is 17.3 Å². The third-order valence-electron chi connectivity index (χ3n) is 3.46. The van der Waals surface area contributed by atoms with Crippen molar-refractivity contribution in [1.82, 2.24) is 0 Å². The largest absolute Gasteiger partial charge is 0.504 e. The molecule has 0 amide bonds. The maximum Gasteiger partial charge on any atom is 0.235 e. The first-order valence-corrected chi connectivity index (χ1v) is 6.65. The fraction of sp³-hybridized carbons (Fsp3) is 0.118. The summed E-state index contributed by atoms with van der Waals surface area (Å²) in [4.78, 5) is 12.3. The smallest absolute Gasteiger partial charge is 0.235 e. The van der Waals surface area contributed by atoms with Gasteiger partial charge in [0.15, 0.2) is 17.3 Å². The molecule has 3 rings (SSSR count). The van der Waals surface area contributed by atoms with Gasteiger partial charge in [0.25, 0.3) is 0 Å². The molecule has 0 aliphatic rings. The molecule has 5 heteroatoms. The number of hydrogen-bond acceptors (Lipinski definition) is 5. The lowest BCUT2D eigenvalue weighted by Gasteiger charge is -2.08. The normalized spacial score (nSPS) is 10.8. The van der Waals surface area contributed by atoms with E-state index in [-0.39, 0.29) is 11.5 Å². The fourth-order valence-corrected chi connectivity index (χ4v) is 2.33. The van der Waals surface area contributed by atoms with Crippen LogP contribution in [-0.2, 0) is 0 Å². The summed E-state index contributed by atoms with van der Waals surface area (Å²) < 4.78 is 10.6. The van der Waals surface area contributed by atoms with Crippen LogP contribution in [0.4, 0.5) is 0 Å². The highest BCUT2D eigenvalue weighted by Gasteiger charge is 2.16. The number of ether oxygens (including phenoxy) is 1. The van der Waals surface area contributed by atoms with Crippen LogP contribution in [0.25, 0.3) is 22.3 Å². The van der Waals surface area contributed by atoms with Crippen molar-refractivity contribution in [3.8, 4) is 28.6 Å². The average molecular weight is 298 g/mol. The number of methoxy groups -OCH3 is 1. The Labute approximate surface area is 126 Å². The molecule has 0 saturated carbocycles. The lowest BCUT2D eigenvalue weighted by atomic mass is 10.1. The van der Waals surface area contributed by atoms with E-state index in [9.17, 15) is 15.0 Å². The molecule has 0 atom stereocenters. The van der Waals surface area contributed by atoms with Gasteiger partial charge in [0.1, 0.15) is 5.58 Å². The minimum atomic E-state index is -0.504. The predicted octanol–water partition coefficient (Wildman–Crippen LogP) is 3.19. The molecule has 1 aromatic heterocycles. The second-order valence-electron chi connectivity index (χ2n) is 5.00. The molecule has 3 aromatic rings. The van der Waals surface area contributed by atoms with Crippen molar-refractivity contribution in [2.24, 2.45) is 0 Å². The zero-order valence-corrected chi connectivity index (χ0v) is 12.1. The molecule has 0 aliphatic heterocycles. The fourth-order valence-electron chi connectivity index (χ4n) is 2.33. The molecule has 5 nitrogen and oxygen atoms in total. The van der Waals surface area contributed by atoms with Crippen molar-refractivity contribution in [3.63, 3.8) is 0 Å². The van der Waals surface area contributed by atoms with Gasteiger partial charge in [-0.2, -0.15) is 0 Å². The number of rotatable bonds is 2. The summed E-state index contributed by atoms with van der Waals surface area (Å²) in [6, 6.07) is 9.66. The summed E-state index contributed by atoms with van der Waals surface area (Å²) in [5.41, 5.74) is 1.15. The second-order valence-corrected chi connectivity index (χ2v) is 5.00. The number of hydrogen-bond donors (Lipinski definition) is 2. The third-order valence-corrected chi connectivity index (χ3v) is 3.46. The summed E-state index contributed by atoms with van der Waals surface area (Å²) in [6.45, 7) is 1.85. The van der Waals surface area contributed by atoms with E-state index in [0.717, 1.165) is 5.56 Å². The molecule has 0 spiro atoms. The molecular weight excluding hydrogens is 284 g/mol. The van der Waals surface area contributed by atoms with Gasteiger partial charge in [0, 0.05) is 5.56 Å². The number of fused-ring (bicyclic) bond motifs is 1. The third kappa shape index (κ3) is 2.16. The van der Waals surface area contributed by atoms with E-state index in [2.05, 4.69) is 0 Å². The first kappa shape index (κ1) is 14.0. The van der Waals surface area contributed by atoms with Gasteiger partial charge < -0.3 is 19.4 Å². The molecule has 0 fully saturated rings. The lowest BCUT2D eigenvalue weighted by molar-refractivity contribution is 0.373. The zero-order chi connectivity index (χ0) is 15.9. The standard InChI is InChI=1S/C17H14O5/c1-9-3-5-13-11(7-9)15(19)16(20)17(22-13)10-4-6-14(21-2)12(18)8-10/h3-8,18,20H,1-2H3. The molecule has 0 aliphatic carbocycles. The van der Waals surface area contributed by atoms with Gasteiger partial charge in [0.05, 0.1) is 12.5 Å². The number of aromatic hydroxyl groups is 2. The van der Waals surface area contributed by atoms with Crippen LogP contribution in [0.15, 0.2) is 45.6 Å². The van der Waals surface area contributed by atoms with E-state index in [0.29, 0.717) is 22.3 Å². The molecule has 22 heavy (non-hydrogen) atoms. The Kier molecular flexibility index (Phi) is 3.25. The van der Waals surface area contributed by atoms with Crippen LogP contribution in [0, 0.1) is 6.92 Å². The van der Waals surface area contributed by atoms with Gasteiger partial charge >= 0.3 is 0 Å². The minimum absolute atomic E-state index is 0.0132. The van der Waals surface area contributed by atoms with E-state index in [1.54, 1.807) is 18.2 Å². The number of phenolic OH excluding ortho intramolecular Hbond substituents is 1. The van der Waals surface area contributed by atoms with Gasteiger partial charge in [-0.3, -0.25) is 4.79 Å². The molecule has 0 unspecified atom stereocenters.